The van der Waals surface area contributed by atoms with Crippen molar-refractivity contribution in [2.75, 3.05) is 26.7 Å². The summed E-state index contributed by atoms with van der Waals surface area (Å²) < 4.78 is 5.34. The topological polar surface area (TPSA) is 37.4 Å². The molecule has 2 heterocycles. The van der Waals surface area contributed by atoms with Gasteiger partial charge in [0.15, 0.2) is 0 Å². The molecule has 0 bridgehead atoms. The third-order valence-corrected chi connectivity index (χ3v) is 3.75. The van der Waals surface area contributed by atoms with E-state index >= 15 is 0 Å². The average molecular weight is 263 g/mol. The maximum absolute atomic E-state index is 5.34. The van der Waals surface area contributed by atoms with E-state index in [-0.39, 0.29) is 0 Å². The molecule has 0 radical (unpaired) electrons. The van der Waals surface area contributed by atoms with Crippen molar-refractivity contribution in [1.29, 1.82) is 0 Å². The van der Waals surface area contributed by atoms with Crippen molar-refractivity contribution in [1.82, 2.24) is 15.2 Å². The van der Waals surface area contributed by atoms with Crippen LogP contribution < -0.4 is 10.1 Å². The van der Waals surface area contributed by atoms with Gasteiger partial charge in [0, 0.05) is 30.9 Å². The zero-order valence-electron chi connectivity index (χ0n) is 12.2. The quantitative estimate of drug-likeness (QED) is 0.900. The first-order valence-electron chi connectivity index (χ1n) is 7.14. The van der Waals surface area contributed by atoms with Crippen molar-refractivity contribution in [3.8, 4) is 5.88 Å². The van der Waals surface area contributed by atoms with Crippen LogP contribution in [0.15, 0.2) is 18.3 Å². The van der Waals surface area contributed by atoms with Gasteiger partial charge in [0.05, 0.1) is 7.11 Å². The number of aromatic nitrogens is 1. The maximum Gasteiger partial charge on any atom is 0.217 e. The van der Waals surface area contributed by atoms with E-state index in [1.807, 2.05) is 6.07 Å². The molecule has 1 unspecified atom stereocenters. The predicted octanol–water partition coefficient (Wildman–Crippen LogP) is 1.91. The van der Waals surface area contributed by atoms with E-state index in [1.54, 1.807) is 13.3 Å². The molecule has 19 heavy (non-hydrogen) atoms. The van der Waals surface area contributed by atoms with Gasteiger partial charge in [0.2, 0.25) is 5.88 Å². The fraction of sp³-hybridized carbons (Fsp3) is 0.667. The van der Waals surface area contributed by atoms with Crippen LogP contribution in [0.3, 0.4) is 0 Å². The molecule has 1 aromatic heterocycles. The molecule has 1 fully saturated rings. The first-order chi connectivity index (χ1) is 9.20. The Kier molecular flexibility index (Phi) is 5.16. The van der Waals surface area contributed by atoms with Gasteiger partial charge < -0.3 is 10.1 Å². The molecule has 0 spiro atoms. The van der Waals surface area contributed by atoms with Crippen LogP contribution in [0.25, 0.3) is 0 Å². The smallest absolute Gasteiger partial charge is 0.217 e. The number of pyridine rings is 1. The van der Waals surface area contributed by atoms with Gasteiger partial charge in [0.1, 0.15) is 0 Å². The van der Waals surface area contributed by atoms with Gasteiger partial charge in [-0.1, -0.05) is 19.9 Å². The monoisotopic (exact) mass is 263 g/mol. The Morgan fingerprint density at radius 1 is 1.53 bits per heavy atom. The molecule has 1 saturated heterocycles. The van der Waals surface area contributed by atoms with Crippen LogP contribution in [-0.2, 0) is 6.54 Å². The molecule has 106 valence electrons. The highest BCUT2D eigenvalue weighted by atomic mass is 16.5. The van der Waals surface area contributed by atoms with Gasteiger partial charge in [0.25, 0.3) is 0 Å². The second kappa shape index (κ2) is 6.87. The van der Waals surface area contributed by atoms with Gasteiger partial charge >= 0.3 is 0 Å². The fourth-order valence-electron chi connectivity index (χ4n) is 2.58. The Hall–Kier alpha value is -1.13. The SMILES string of the molecule is COc1ncccc1CN1CCCNC(C(C)C)C1. The molecule has 4 heteroatoms. The van der Waals surface area contributed by atoms with Crippen LogP contribution in [0, 0.1) is 5.92 Å². The van der Waals surface area contributed by atoms with Crippen molar-refractivity contribution < 1.29 is 4.74 Å². The summed E-state index contributed by atoms with van der Waals surface area (Å²) in [4.78, 5) is 6.78. The summed E-state index contributed by atoms with van der Waals surface area (Å²) >= 11 is 0. The van der Waals surface area contributed by atoms with Crippen molar-refractivity contribution in [2.24, 2.45) is 5.92 Å². The minimum absolute atomic E-state index is 0.574. The lowest BCUT2D eigenvalue weighted by Crippen LogP contribution is -2.41. The first-order valence-corrected chi connectivity index (χ1v) is 7.14. The fourth-order valence-corrected chi connectivity index (χ4v) is 2.58. The highest BCUT2D eigenvalue weighted by Crippen LogP contribution is 2.18. The molecular formula is C15H25N3O. The molecule has 1 aliphatic heterocycles. The van der Waals surface area contributed by atoms with Gasteiger partial charge in [-0.3, -0.25) is 4.90 Å². The minimum Gasteiger partial charge on any atom is -0.481 e. The van der Waals surface area contributed by atoms with E-state index < -0.39 is 0 Å². The standard InChI is InChI=1S/C15H25N3O/c1-12(2)14-11-18(9-5-8-16-14)10-13-6-4-7-17-15(13)19-3/h4,6-7,12,14,16H,5,8-11H2,1-3H3. The van der Waals surface area contributed by atoms with Crippen molar-refractivity contribution >= 4 is 0 Å². The first kappa shape index (κ1) is 14.3. The van der Waals surface area contributed by atoms with Crippen LogP contribution in [0.4, 0.5) is 0 Å². The summed E-state index contributed by atoms with van der Waals surface area (Å²) in [6.45, 7) is 8.83. The third-order valence-electron chi connectivity index (χ3n) is 3.75. The summed E-state index contributed by atoms with van der Waals surface area (Å²) in [7, 11) is 1.69. The molecule has 1 aromatic rings. The summed E-state index contributed by atoms with van der Waals surface area (Å²) in [6, 6.07) is 4.66. The molecule has 0 aromatic carbocycles. The van der Waals surface area contributed by atoms with E-state index in [2.05, 4.69) is 35.1 Å². The van der Waals surface area contributed by atoms with Crippen molar-refractivity contribution in [2.45, 2.75) is 32.9 Å². The molecule has 1 N–H and O–H groups in total. The average Bonchev–Trinajstić information content (AvgIpc) is 2.65. The Morgan fingerprint density at radius 3 is 3.11 bits per heavy atom. The summed E-state index contributed by atoms with van der Waals surface area (Å²) in [5, 5.41) is 3.64. The molecule has 1 atom stereocenters. The van der Waals surface area contributed by atoms with Gasteiger partial charge in [-0.25, -0.2) is 4.98 Å². The predicted molar refractivity (Wildman–Crippen MR) is 77.3 cm³/mol. The Balaban J connectivity index is 2.04. The molecule has 4 nitrogen and oxygen atoms in total. The lowest BCUT2D eigenvalue weighted by atomic mass is 10.0. The largest absolute Gasteiger partial charge is 0.481 e. The van der Waals surface area contributed by atoms with Crippen LogP contribution in [0.5, 0.6) is 5.88 Å². The van der Waals surface area contributed by atoms with E-state index in [0.717, 1.165) is 32.1 Å². The Bertz CT molecular complexity index is 395. The van der Waals surface area contributed by atoms with E-state index in [4.69, 9.17) is 4.74 Å². The third kappa shape index (κ3) is 3.91. The Morgan fingerprint density at radius 2 is 2.37 bits per heavy atom. The van der Waals surface area contributed by atoms with Crippen LogP contribution in [0.1, 0.15) is 25.8 Å². The molecule has 2 rings (SSSR count). The van der Waals surface area contributed by atoms with Gasteiger partial charge in [-0.2, -0.15) is 0 Å². The van der Waals surface area contributed by atoms with Gasteiger partial charge in [-0.05, 0) is 31.5 Å². The van der Waals surface area contributed by atoms with Crippen molar-refractivity contribution in [3.05, 3.63) is 23.9 Å². The second-order valence-electron chi connectivity index (χ2n) is 5.57. The highest BCUT2D eigenvalue weighted by molar-refractivity contribution is 5.25. The van der Waals surface area contributed by atoms with Crippen LogP contribution in [0.2, 0.25) is 0 Å². The molecule has 0 amide bonds. The second-order valence-corrected chi connectivity index (χ2v) is 5.57. The van der Waals surface area contributed by atoms with E-state index in [9.17, 15) is 0 Å². The highest BCUT2D eigenvalue weighted by Gasteiger charge is 2.21. The summed E-state index contributed by atoms with van der Waals surface area (Å²) in [6.07, 6.45) is 2.98. The zero-order chi connectivity index (χ0) is 13.7. The number of hydrogen-bond donors (Lipinski definition) is 1. The maximum atomic E-state index is 5.34. The van der Waals surface area contributed by atoms with E-state index in [1.165, 1.54) is 12.0 Å². The zero-order valence-corrected chi connectivity index (χ0v) is 12.2. The van der Waals surface area contributed by atoms with Gasteiger partial charge in [-0.15, -0.1) is 0 Å². The summed E-state index contributed by atoms with van der Waals surface area (Å²) in [5.74, 6) is 1.41. The van der Waals surface area contributed by atoms with Crippen molar-refractivity contribution in [3.63, 3.8) is 0 Å². The number of ether oxygens (including phenoxy) is 1. The lowest BCUT2D eigenvalue weighted by molar-refractivity contribution is 0.234. The number of nitrogens with one attached hydrogen (secondary N) is 1. The van der Waals surface area contributed by atoms with Crippen LogP contribution in [-0.4, -0.2) is 42.7 Å². The number of nitrogens with zero attached hydrogens (tertiary/aromatic N) is 2. The number of rotatable bonds is 4. The minimum atomic E-state index is 0.574. The van der Waals surface area contributed by atoms with Crippen LogP contribution >= 0.6 is 0 Å². The normalized spacial score (nSPS) is 21.4. The molecule has 1 aliphatic rings. The molecule has 0 saturated carbocycles. The number of hydrogen-bond acceptors (Lipinski definition) is 4. The van der Waals surface area contributed by atoms with E-state index in [0.29, 0.717) is 12.0 Å². The summed E-state index contributed by atoms with van der Waals surface area (Å²) in [5.41, 5.74) is 1.18. The lowest BCUT2D eigenvalue weighted by Gasteiger charge is -2.27. The molecular weight excluding hydrogens is 238 g/mol. The molecule has 0 aliphatic carbocycles. The Labute approximate surface area is 116 Å². The number of methoxy groups -OCH3 is 1.